The lowest BCUT2D eigenvalue weighted by molar-refractivity contribution is 0.325. The summed E-state index contributed by atoms with van der Waals surface area (Å²) < 4.78 is 27.6. The molecule has 1 nitrogen and oxygen atoms in total. The van der Waals surface area contributed by atoms with Crippen molar-refractivity contribution in [3.63, 3.8) is 0 Å². The van der Waals surface area contributed by atoms with Crippen molar-refractivity contribution >= 4 is 0 Å². The molecule has 88 valence electrons. The zero-order chi connectivity index (χ0) is 11.6. The molecule has 1 fully saturated rings. The van der Waals surface area contributed by atoms with E-state index in [9.17, 15) is 8.78 Å². The first kappa shape index (κ1) is 11.5. The average Bonchev–Trinajstić information content (AvgIpc) is 2.67. The summed E-state index contributed by atoms with van der Waals surface area (Å²) in [5.74, 6) is -0.856. The monoisotopic (exact) mass is 225 g/mol. The number of hydrogen-bond donors (Lipinski definition) is 1. The van der Waals surface area contributed by atoms with Crippen LogP contribution >= 0.6 is 0 Å². The van der Waals surface area contributed by atoms with Crippen LogP contribution in [0.2, 0.25) is 0 Å². The molecule has 1 heterocycles. The quantitative estimate of drug-likeness (QED) is 0.831. The summed E-state index contributed by atoms with van der Waals surface area (Å²) in [6.45, 7) is 2.88. The molecule has 3 heteroatoms. The Morgan fingerprint density at radius 1 is 1.31 bits per heavy atom. The summed E-state index contributed by atoms with van der Waals surface area (Å²) in [6.07, 6.45) is 3.50. The van der Waals surface area contributed by atoms with Gasteiger partial charge < -0.3 is 5.32 Å². The van der Waals surface area contributed by atoms with Crippen molar-refractivity contribution < 1.29 is 8.78 Å². The molecule has 16 heavy (non-hydrogen) atoms. The van der Waals surface area contributed by atoms with Gasteiger partial charge in [-0.25, -0.2) is 8.78 Å². The molecule has 1 aromatic carbocycles. The lowest BCUT2D eigenvalue weighted by Crippen LogP contribution is -2.38. The number of benzene rings is 1. The maximum absolute atomic E-state index is 13.8. The molecule has 0 spiro atoms. The predicted octanol–water partition coefficient (Wildman–Crippen LogP) is 3.34. The Hall–Kier alpha value is -0.960. The van der Waals surface area contributed by atoms with Crippen LogP contribution in [-0.2, 0) is 5.54 Å². The molecule has 0 saturated carbocycles. The minimum Gasteiger partial charge on any atom is -0.307 e. The maximum atomic E-state index is 13.8. The van der Waals surface area contributed by atoms with Crippen LogP contribution < -0.4 is 5.32 Å². The van der Waals surface area contributed by atoms with Crippen molar-refractivity contribution in [1.29, 1.82) is 0 Å². The number of rotatable bonds is 3. The summed E-state index contributed by atoms with van der Waals surface area (Å²) in [5.41, 5.74) is -0.251. The second-order valence-corrected chi connectivity index (χ2v) is 4.46. The molecule has 0 aliphatic carbocycles. The van der Waals surface area contributed by atoms with Crippen molar-refractivity contribution in [1.82, 2.24) is 5.32 Å². The number of halogens is 2. The van der Waals surface area contributed by atoms with Crippen molar-refractivity contribution in [2.45, 2.75) is 38.1 Å². The third kappa shape index (κ3) is 1.84. The maximum Gasteiger partial charge on any atom is 0.131 e. The lowest BCUT2D eigenvalue weighted by Gasteiger charge is -2.30. The Morgan fingerprint density at radius 3 is 2.50 bits per heavy atom. The molecular formula is C13H17F2N. The Labute approximate surface area is 94.9 Å². The van der Waals surface area contributed by atoms with E-state index in [4.69, 9.17) is 0 Å². The summed E-state index contributed by atoms with van der Waals surface area (Å²) in [4.78, 5) is 0. The largest absolute Gasteiger partial charge is 0.307 e. The van der Waals surface area contributed by atoms with E-state index in [2.05, 4.69) is 5.32 Å². The Bertz CT molecular complexity index is 350. The van der Waals surface area contributed by atoms with E-state index in [1.54, 1.807) is 0 Å². The van der Waals surface area contributed by atoms with Crippen molar-refractivity contribution in [2.75, 3.05) is 6.54 Å². The van der Waals surface area contributed by atoms with Crippen LogP contribution in [0.5, 0.6) is 0 Å². The van der Waals surface area contributed by atoms with Crippen LogP contribution in [0.1, 0.15) is 38.2 Å². The van der Waals surface area contributed by atoms with Crippen molar-refractivity contribution in [3.8, 4) is 0 Å². The molecule has 1 atom stereocenters. The molecule has 0 radical (unpaired) electrons. The summed E-state index contributed by atoms with van der Waals surface area (Å²) in [7, 11) is 0. The van der Waals surface area contributed by atoms with Gasteiger partial charge in [0.15, 0.2) is 0 Å². The molecule has 1 aliphatic heterocycles. The zero-order valence-electron chi connectivity index (χ0n) is 9.52. The highest BCUT2D eigenvalue weighted by atomic mass is 19.1. The minimum absolute atomic E-state index is 0.231. The Morgan fingerprint density at radius 2 is 2.00 bits per heavy atom. The summed E-state index contributed by atoms with van der Waals surface area (Å²) >= 11 is 0. The van der Waals surface area contributed by atoms with E-state index in [1.165, 1.54) is 18.2 Å². The average molecular weight is 225 g/mol. The molecule has 0 aromatic heterocycles. The summed E-state index contributed by atoms with van der Waals surface area (Å²) in [6, 6.07) is 4.11. The van der Waals surface area contributed by atoms with E-state index in [-0.39, 0.29) is 5.56 Å². The first-order chi connectivity index (χ1) is 7.69. The van der Waals surface area contributed by atoms with Gasteiger partial charge in [0.2, 0.25) is 0 Å². The molecule has 1 unspecified atom stereocenters. The second-order valence-electron chi connectivity index (χ2n) is 4.46. The van der Waals surface area contributed by atoms with Gasteiger partial charge in [0.05, 0.1) is 0 Å². The smallest absolute Gasteiger partial charge is 0.131 e. The SMILES string of the molecule is CCCC1(c2c(F)cccc2F)CCCN1. The highest BCUT2D eigenvalue weighted by Gasteiger charge is 2.38. The third-order valence-electron chi connectivity index (χ3n) is 3.36. The van der Waals surface area contributed by atoms with Gasteiger partial charge in [0.25, 0.3) is 0 Å². The number of hydrogen-bond acceptors (Lipinski definition) is 1. The normalized spacial score (nSPS) is 24.9. The van der Waals surface area contributed by atoms with Gasteiger partial charge in [-0.3, -0.25) is 0 Å². The molecular weight excluding hydrogens is 208 g/mol. The lowest BCUT2D eigenvalue weighted by atomic mass is 9.83. The highest BCUT2D eigenvalue weighted by molar-refractivity contribution is 5.29. The molecule has 2 rings (SSSR count). The molecule has 1 aliphatic rings. The first-order valence-corrected chi connectivity index (χ1v) is 5.89. The van der Waals surface area contributed by atoms with Gasteiger partial charge in [0.1, 0.15) is 11.6 Å². The zero-order valence-corrected chi connectivity index (χ0v) is 9.52. The topological polar surface area (TPSA) is 12.0 Å². The van der Waals surface area contributed by atoms with Gasteiger partial charge in [-0.1, -0.05) is 19.4 Å². The number of nitrogens with one attached hydrogen (secondary N) is 1. The molecule has 1 saturated heterocycles. The predicted molar refractivity (Wildman–Crippen MR) is 60.2 cm³/mol. The molecule has 0 amide bonds. The van der Waals surface area contributed by atoms with Crippen LogP contribution in [0.4, 0.5) is 8.78 Å². The van der Waals surface area contributed by atoms with E-state index in [0.29, 0.717) is 0 Å². The van der Waals surface area contributed by atoms with E-state index in [0.717, 1.165) is 32.2 Å². The van der Waals surface area contributed by atoms with Gasteiger partial charge in [-0.15, -0.1) is 0 Å². The summed E-state index contributed by atoms with van der Waals surface area (Å²) in [5, 5.41) is 3.29. The third-order valence-corrected chi connectivity index (χ3v) is 3.36. The van der Waals surface area contributed by atoms with Gasteiger partial charge in [-0.05, 0) is 37.9 Å². The van der Waals surface area contributed by atoms with Crippen LogP contribution in [0.15, 0.2) is 18.2 Å². The highest BCUT2D eigenvalue weighted by Crippen LogP contribution is 2.37. The van der Waals surface area contributed by atoms with Crippen LogP contribution in [0, 0.1) is 11.6 Å². The van der Waals surface area contributed by atoms with Gasteiger partial charge in [-0.2, -0.15) is 0 Å². The van der Waals surface area contributed by atoms with E-state index < -0.39 is 17.2 Å². The minimum atomic E-state index is -0.482. The van der Waals surface area contributed by atoms with Gasteiger partial charge >= 0.3 is 0 Å². The van der Waals surface area contributed by atoms with Gasteiger partial charge in [0, 0.05) is 11.1 Å². The Kier molecular flexibility index (Phi) is 3.24. The fourth-order valence-electron chi connectivity index (χ4n) is 2.74. The standard InChI is InChI=1S/C13H17F2N/c1-2-7-13(8-4-9-16-13)12-10(14)5-3-6-11(12)15/h3,5-6,16H,2,4,7-9H2,1H3. The van der Waals surface area contributed by atoms with E-state index >= 15 is 0 Å². The second kappa shape index (κ2) is 4.50. The van der Waals surface area contributed by atoms with Crippen LogP contribution in [-0.4, -0.2) is 6.54 Å². The first-order valence-electron chi connectivity index (χ1n) is 5.89. The fourth-order valence-corrected chi connectivity index (χ4v) is 2.74. The van der Waals surface area contributed by atoms with E-state index in [1.807, 2.05) is 6.92 Å². The Balaban J connectivity index is 2.46. The molecule has 1 aromatic rings. The van der Waals surface area contributed by atoms with Crippen LogP contribution in [0.3, 0.4) is 0 Å². The fraction of sp³-hybridized carbons (Fsp3) is 0.538. The van der Waals surface area contributed by atoms with Crippen molar-refractivity contribution in [3.05, 3.63) is 35.4 Å². The van der Waals surface area contributed by atoms with Crippen LogP contribution in [0.25, 0.3) is 0 Å². The molecule has 0 bridgehead atoms. The molecule has 1 N–H and O–H groups in total. The van der Waals surface area contributed by atoms with Crippen molar-refractivity contribution in [2.24, 2.45) is 0 Å².